The van der Waals surface area contributed by atoms with Gasteiger partial charge in [0.25, 0.3) is 5.91 Å². The predicted octanol–water partition coefficient (Wildman–Crippen LogP) is 3.84. The van der Waals surface area contributed by atoms with Crippen molar-refractivity contribution >= 4 is 40.3 Å². The second-order valence-electron chi connectivity index (χ2n) is 4.34. The van der Waals surface area contributed by atoms with E-state index in [1.54, 1.807) is 0 Å². The SMILES string of the molecule is O=C1NC(=S)SC1=Cc1cccc(-c2ccccc2)c1. The van der Waals surface area contributed by atoms with Gasteiger partial charge in [-0.05, 0) is 28.8 Å². The minimum atomic E-state index is -0.120. The maximum Gasteiger partial charge on any atom is 0.263 e. The molecule has 3 rings (SSSR count). The molecule has 4 heteroatoms. The average molecular weight is 297 g/mol. The van der Waals surface area contributed by atoms with E-state index in [1.807, 2.05) is 36.4 Å². The van der Waals surface area contributed by atoms with Crippen LogP contribution in [0.1, 0.15) is 5.56 Å². The summed E-state index contributed by atoms with van der Waals surface area (Å²) in [7, 11) is 0. The lowest BCUT2D eigenvalue weighted by Crippen LogP contribution is -2.17. The molecule has 1 heterocycles. The molecule has 1 fully saturated rings. The molecule has 1 amide bonds. The highest BCUT2D eigenvalue weighted by Gasteiger charge is 2.21. The first-order valence-electron chi connectivity index (χ1n) is 6.13. The van der Waals surface area contributed by atoms with Crippen LogP contribution in [0.15, 0.2) is 59.5 Å². The molecule has 2 aromatic carbocycles. The van der Waals surface area contributed by atoms with Gasteiger partial charge in [0.05, 0.1) is 4.91 Å². The van der Waals surface area contributed by atoms with Gasteiger partial charge in [-0.1, -0.05) is 72.5 Å². The van der Waals surface area contributed by atoms with Crippen LogP contribution in [0.5, 0.6) is 0 Å². The highest BCUT2D eigenvalue weighted by molar-refractivity contribution is 8.26. The molecule has 0 atom stereocenters. The third kappa shape index (κ3) is 2.81. The first-order valence-corrected chi connectivity index (χ1v) is 7.35. The number of thiocarbonyl (C=S) groups is 1. The van der Waals surface area contributed by atoms with Gasteiger partial charge in [0.1, 0.15) is 4.32 Å². The van der Waals surface area contributed by atoms with E-state index in [0.29, 0.717) is 9.23 Å². The molecule has 0 spiro atoms. The molecule has 1 aliphatic rings. The summed E-state index contributed by atoms with van der Waals surface area (Å²) in [6, 6.07) is 18.3. The van der Waals surface area contributed by atoms with Crippen LogP contribution < -0.4 is 5.32 Å². The molecular weight excluding hydrogens is 286 g/mol. The van der Waals surface area contributed by atoms with Crippen molar-refractivity contribution in [2.45, 2.75) is 0 Å². The van der Waals surface area contributed by atoms with Crippen molar-refractivity contribution in [3.8, 4) is 11.1 Å². The zero-order chi connectivity index (χ0) is 13.9. The molecule has 0 aliphatic carbocycles. The van der Waals surface area contributed by atoms with E-state index in [2.05, 4.69) is 29.6 Å². The normalized spacial score (nSPS) is 16.5. The summed E-state index contributed by atoms with van der Waals surface area (Å²) in [6.45, 7) is 0. The number of hydrogen-bond acceptors (Lipinski definition) is 3. The second kappa shape index (κ2) is 5.61. The smallest absolute Gasteiger partial charge is 0.263 e. The lowest BCUT2D eigenvalue weighted by atomic mass is 10.0. The maximum atomic E-state index is 11.7. The van der Waals surface area contributed by atoms with Crippen LogP contribution in [0, 0.1) is 0 Å². The highest BCUT2D eigenvalue weighted by Crippen LogP contribution is 2.27. The molecule has 1 aliphatic heterocycles. The van der Waals surface area contributed by atoms with E-state index in [0.717, 1.165) is 16.7 Å². The molecule has 1 N–H and O–H groups in total. The Bertz CT molecular complexity index is 707. The minimum absolute atomic E-state index is 0.120. The lowest BCUT2D eigenvalue weighted by molar-refractivity contribution is -0.115. The number of rotatable bonds is 2. The monoisotopic (exact) mass is 297 g/mol. The molecule has 0 saturated carbocycles. The van der Waals surface area contributed by atoms with Gasteiger partial charge in [-0.3, -0.25) is 4.79 Å². The van der Waals surface area contributed by atoms with Crippen LogP contribution >= 0.6 is 24.0 Å². The van der Waals surface area contributed by atoms with Crippen molar-refractivity contribution in [3.63, 3.8) is 0 Å². The molecule has 20 heavy (non-hydrogen) atoms. The fraction of sp³-hybridized carbons (Fsp3) is 0. The Morgan fingerprint density at radius 1 is 1.00 bits per heavy atom. The van der Waals surface area contributed by atoms with Crippen molar-refractivity contribution in [1.29, 1.82) is 0 Å². The summed E-state index contributed by atoms with van der Waals surface area (Å²) in [6.07, 6.45) is 1.87. The average Bonchev–Trinajstić information content (AvgIpc) is 2.78. The Balaban J connectivity index is 1.95. The van der Waals surface area contributed by atoms with E-state index in [1.165, 1.54) is 11.8 Å². The van der Waals surface area contributed by atoms with Crippen LogP contribution in [0.4, 0.5) is 0 Å². The number of carbonyl (C=O) groups excluding carboxylic acids is 1. The number of thioether (sulfide) groups is 1. The maximum absolute atomic E-state index is 11.7. The molecule has 0 unspecified atom stereocenters. The molecular formula is C16H11NOS2. The number of amides is 1. The van der Waals surface area contributed by atoms with Gasteiger partial charge in [-0.2, -0.15) is 0 Å². The van der Waals surface area contributed by atoms with Crippen LogP contribution in [0.3, 0.4) is 0 Å². The first-order chi connectivity index (χ1) is 9.72. The number of carbonyl (C=O) groups is 1. The largest absolute Gasteiger partial charge is 0.307 e. The Labute approximate surface area is 126 Å². The van der Waals surface area contributed by atoms with Crippen molar-refractivity contribution in [3.05, 3.63) is 65.1 Å². The third-order valence-corrected chi connectivity index (χ3v) is 4.10. The quantitative estimate of drug-likeness (QED) is 0.674. The van der Waals surface area contributed by atoms with E-state index in [9.17, 15) is 4.79 Å². The lowest BCUT2D eigenvalue weighted by Gasteiger charge is -2.03. The standard InChI is InChI=1S/C16H11NOS2/c18-15-14(20-16(19)17-15)10-11-5-4-8-13(9-11)12-6-2-1-3-7-12/h1-10H,(H,17,18,19). The molecule has 0 aromatic heterocycles. The van der Waals surface area contributed by atoms with Crippen LogP contribution in [0.25, 0.3) is 17.2 Å². The Kier molecular flexibility index (Phi) is 3.67. The Hall–Kier alpha value is -1.91. The summed E-state index contributed by atoms with van der Waals surface area (Å²) in [4.78, 5) is 12.3. The molecule has 0 bridgehead atoms. The van der Waals surface area contributed by atoms with E-state index < -0.39 is 0 Å². The number of hydrogen-bond donors (Lipinski definition) is 1. The van der Waals surface area contributed by atoms with Crippen molar-refractivity contribution in [2.24, 2.45) is 0 Å². The number of benzene rings is 2. The fourth-order valence-corrected chi connectivity index (χ4v) is 3.06. The van der Waals surface area contributed by atoms with Crippen molar-refractivity contribution in [1.82, 2.24) is 5.32 Å². The molecule has 0 radical (unpaired) electrons. The summed E-state index contributed by atoms with van der Waals surface area (Å²) < 4.78 is 0.514. The van der Waals surface area contributed by atoms with Gasteiger partial charge >= 0.3 is 0 Å². The molecule has 98 valence electrons. The third-order valence-electron chi connectivity index (χ3n) is 2.93. The molecule has 1 saturated heterocycles. The topological polar surface area (TPSA) is 29.1 Å². The summed E-state index contributed by atoms with van der Waals surface area (Å²) in [5, 5.41) is 2.62. The Morgan fingerprint density at radius 3 is 2.45 bits per heavy atom. The first kappa shape index (κ1) is 13.1. The zero-order valence-corrected chi connectivity index (χ0v) is 12.1. The van der Waals surface area contributed by atoms with Gasteiger partial charge in [0.15, 0.2) is 0 Å². The van der Waals surface area contributed by atoms with Crippen molar-refractivity contribution < 1.29 is 4.79 Å². The van der Waals surface area contributed by atoms with Gasteiger partial charge in [0.2, 0.25) is 0 Å². The second-order valence-corrected chi connectivity index (χ2v) is 6.06. The minimum Gasteiger partial charge on any atom is -0.307 e. The van der Waals surface area contributed by atoms with Gasteiger partial charge in [-0.25, -0.2) is 0 Å². The number of nitrogens with one attached hydrogen (secondary N) is 1. The Morgan fingerprint density at radius 2 is 1.75 bits per heavy atom. The summed E-state index contributed by atoms with van der Waals surface area (Å²) in [5.74, 6) is -0.120. The summed E-state index contributed by atoms with van der Waals surface area (Å²) in [5.41, 5.74) is 3.28. The van der Waals surface area contributed by atoms with E-state index in [-0.39, 0.29) is 5.91 Å². The molecule has 2 aromatic rings. The van der Waals surface area contributed by atoms with Crippen LogP contribution in [0.2, 0.25) is 0 Å². The van der Waals surface area contributed by atoms with Crippen LogP contribution in [-0.2, 0) is 4.79 Å². The van der Waals surface area contributed by atoms with Gasteiger partial charge in [-0.15, -0.1) is 0 Å². The highest BCUT2D eigenvalue weighted by atomic mass is 32.2. The fourth-order valence-electron chi connectivity index (χ4n) is 2.01. The van der Waals surface area contributed by atoms with Crippen LogP contribution in [-0.4, -0.2) is 10.2 Å². The van der Waals surface area contributed by atoms with Gasteiger partial charge in [0, 0.05) is 0 Å². The van der Waals surface area contributed by atoms with Crippen molar-refractivity contribution in [2.75, 3.05) is 0 Å². The van der Waals surface area contributed by atoms with Gasteiger partial charge < -0.3 is 5.32 Å². The van der Waals surface area contributed by atoms with E-state index in [4.69, 9.17) is 12.2 Å². The molecule has 2 nitrogen and oxygen atoms in total. The van der Waals surface area contributed by atoms with E-state index >= 15 is 0 Å². The zero-order valence-electron chi connectivity index (χ0n) is 10.5. The predicted molar refractivity (Wildman–Crippen MR) is 88.2 cm³/mol. The summed E-state index contributed by atoms with van der Waals surface area (Å²) >= 11 is 6.28.